The number of ether oxygens (including phenoxy) is 1. The van der Waals surface area contributed by atoms with Crippen LogP contribution in [0.3, 0.4) is 0 Å². The van der Waals surface area contributed by atoms with Gasteiger partial charge in [0.25, 0.3) is 0 Å². The van der Waals surface area contributed by atoms with Crippen LogP contribution in [0.1, 0.15) is 13.3 Å². The van der Waals surface area contributed by atoms with Crippen LogP contribution in [0, 0.1) is 0 Å². The molecule has 2 heterocycles. The fourth-order valence-corrected chi connectivity index (χ4v) is 4.36. The normalized spacial score (nSPS) is 44.7. The fraction of sp³-hybridized carbons (Fsp3) is 1.00. The van der Waals surface area contributed by atoms with Crippen LogP contribution >= 0.6 is 0 Å². The number of hydrogen-bond acceptors (Lipinski definition) is 5. The van der Waals surface area contributed by atoms with E-state index < -0.39 is 21.5 Å². The second-order valence-corrected chi connectivity index (χ2v) is 6.94. The molecule has 2 saturated heterocycles. The first-order valence-corrected chi connectivity index (χ1v) is 6.96. The van der Waals surface area contributed by atoms with Crippen LogP contribution in [0.25, 0.3) is 0 Å². The van der Waals surface area contributed by atoms with Crippen molar-refractivity contribution in [3.63, 3.8) is 0 Å². The van der Waals surface area contributed by atoms with E-state index in [1.807, 2.05) is 6.92 Å². The minimum absolute atomic E-state index is 0.136. The van der Waals surface area contributed by atoms with Crippen LogP contribution in [0.2, 0.25) is 0 Å². The molecule has 0 aromatic carbocycles. The lowest BCUT2D eigenvalue weighted by atomic mass is 10.00. The minimum atomic E-state index is -2.90. The third kappa shape index (κ3) is 2.50. The van der Waals surface area contributed by atoms with Crippen molar-refractivity contribution in [2.75, 3.05) is 24.7 Å². The van der Waals surface area contributed by atoms with Crippen LogP contribution in [-0.2, 0) is 14.6 Å². The largest absolute Gasteiger partial charge is 0.389 e. The molecule has 2 rings (SSSR count). The van der Waals surface area contributed by atoms with E-state index in [2.05, 4.69) is 5.32 Å². The van der Waals surface area contributed by atoms with Gasteiger partial charge in [-0.2, -0.15) is 0 Å². The minimum Gasteiger partial charge on any atom is -0.389 e. The maximum Gasteiger partial charge on any atom is 0.152 e. The van der Waals surface area contributed by atoms with Gasteiger partial charge in [0.2, 0.25) is 0 Å². The first-order valence-electron chi connectivity index (χ1n) is 5.14. The van der Waals surface area contributed by atoms with Crippen LogP contribution in [0.4, 0.5) is 0 Å². The summed E-state index contributed by atoms with van der Waals surface area (Å²) < 4.78 is 27.9. The quantitative estimate of drug-likeness (QED) is 0.636. The first-order chi connectivity index (χ1) is 6.90. The molecular formula is C9H17NO4S. The van der Waals surface area contributed by atoms with Crippen molar-refractivity contribution in [3.8, 4) is 0 Å². The molecule has 0 aromatic rings. The summed E-state index contributed by atoms with van der Waals surface area (Å²) in [6.45, 7) is 2.68. The molecule has 0 aliphatic carbocycles. The Morgan fingerprint density at radius 1 is 1.47 bits per heavy atom. The summed E-state index contributed by atoms with van der Waals surface area (Å²) in [6, 6.07) is -0.136. The molecule has 5 nitrogen and oxygen atoms in total. The molecule has 0 amide bonds. The molecule has 15 heavy (non-hydrogen) atoms. The van der Waals surface area contributed by atoms with Crippen molar-refractivity contribution < 1.29 is 18.3 Å². The Labute approximate surface area is 89.7 Å². The molecule has 2 fully saturated rings. The summed E-state index contributed by atoms with van der Waals surface area (Å²) in [6.07, 6.45) is 0.0866. The highest BCUT2D eigenvalue weighted by Crippen LogP contribution is 2.24. The lowest BCUT2D eigenvalue weighted by molar-refractivity contribution is 0.119. The average molecular weight is 235 g/mol. The van der Waals surface area contributed by atoms with Crippen LogP contribution in [0.15, 0.2) is 0 Å². The molecule has 88 valence electrons. The average Bonchev–Trinajstić information content (AvgIpc) is 2.59. The number of sulfone groups is 1. The van der Waals surface area contributed by atoms with Crippen molar-refractivity contribution in [2.24, 2.45) is 0 Å². The van der Waals surface area contributed by atoms with Gasteiger partial charge in [-0.25, -0.2) is 8.42 Å². The highest BCUT2D eigenvalue weighted by Gasteiger charge is 2.41. The molecule has 2 N–H and O–H groups in total. The predicted octanol–water partition coefficient (Wildman–Crippen LogP) is -1.09. The van der Waals surface area contributed by atoms with E-state index in [1.54, 1.807) is 0 Å². The first kappa shape index (κ1) is 11.3. The second-order valence-electron chi connectivity index (χ2n) is 4.76. The van der Waals surface area contributed by atoms with Gasteiger partial charge in [0.05, 0.1) is 36.9 Å². The van der Waals surface area contributed by atoms with E-state index in [1.165, 1.54) is 0 Å². The summed E-state index contributed by atoms with van der Waals surface area (Å²) in [5, 5.41) is 12.8. The van der Waals surface area contributed by atoms with Gasteiger partial charge in [0.15, 0.2) is 9.84 Å². The Morgan fingerprint density at radius 2 is 2.20 bits per heavy atom. The van der Waals surface area contributed by atoms with Crippen molar-refractivity contribution in [2.45, 2.75) is 31.0 Å². The zero-order valence-electron chi connectivity index (χ0n) is 8.77. The maximum absolute atomic E-state index is 11.4. The van der Waals surface area contributed by atoms with Gasteiger partial charge in [0, 0.05) is 5.54 Å². The van der Waals surface area contributed by atoms with E-state index in [4.69, 9.17) is 4.74 Å². The van der Waals surface area contributed by atoms with Crippen molar-refractivity contribution in [1.29, 1.82) is 0 Å². The van der Waals surface area contributed by atoms with E-state index in [0.717, 1.165) is 0 Å². The molecule has 0 saturated carbocycles. The number of nitrogens with one attached hydrogen (secondary N) is 1. The Kier molecular flexibility index (Phi) is 2.79. The van der Waals surface area contributed by atoms with Gasteiger partial charge in [-0.05, 0) is 13.3 Å². The molecule has 3 atom stereocenters. The maximum atomic E-state index is 11.4. The lowest BCUT2D eigenvalue weighted by Gasteiger charge is -2.29. The third-order valence-corrected chi connectivity index (χ3v) is 4.99. The van der Waals surface area contributed by atoms with Crippen molar-refractivity contribution in [3.05, 3.63) is 0 Å². The van der Waals surface area contributed by atoms with Gasteiger partial charge in [0.1, 0.15) is 0 Å². The SMILES string of the molecule is CC1(NC2COCC2O)CCS(=O)(=O)C1. The van der Waals surface area contributed by atoms with Crippen molar-refractivity contribution in [1.82, 2.24) is 5.32 Å². The highest BCUT2D eigenvalue weighted by molar-refractivity contribution is 7.91. The summed E-state index contributed by atoms with van der Waals surface area (Å²) in [4.78, 5) is 0. The number of rotatable bonds is 2. The standard InChI is InChI=1S/C9H17NO4S/c1-9(2-3-15(12,13)6-9)10-7-4-14-5-8(7)11/h7-8,10-11H,2-6H2,1H3. The second kappa shape index (κ2) is 3.69. The molecule has 0 aromatic heterocycles. The number of aliphatic hydroxyl groups is 1. The third-order valence-electron chi connectivity index (χ3n) is 3.09. The molecule has 0 radical (unpaired) electrons. The molecule has 0 spiro atoms. The fourth-order valence-electron chi connectivity index (χ4n) is 2.25. The lowest BCUT2D eigenvalue weighted by Crippen LogP contribution is -2.53. The number of hydrogen-bond donors (Lipinski definition) is 2. The predicted molar refractivity (Wildman–Crippen MR) is 55.4 cm³/mol. The topological polar surface area (TPSA) is 75.6 Å². The van der Waals surface area contributed by atoms with Gasteiger partial charge < -0.3 is 15.2 Å². The van der Waals surface area contributed by atoms with E-state index in [-0.39, 0.29) is 17.5 Å². The van der Waals surface area contributed by atoms with Crippen LogP contribution < -0.4 is 5.32 Å². The smallest absolute Gasteiger partial charge is 0.152 e. The molecule has 2 aliphatic rings. The molecule has 0 bridgehead atoms. The summed E-state index contributed by atoms with van der Waals surface area (Å²) in [5.41, 5.74) is -0.405. The molecule has 2 aliphatic heterocycles. The monoisotopic (exact) mass is 235 g/mol. The van der Waals surface area contributed by atoms with Gasteiger partial charge >= 0.3 is 0 Å². The summed E-state index contributed by atoms with van der Waals surface area (Å²) >= 11 is 0. The van der Waals surface area contributed by atoms with Gasteiger partial charge in [-0.1, -0.05) is 0 Å². The number of aliphatic hydroxyl groups excluding tert-OH is 1. The molecule has 3 unspecified atom stereocenters. The molecule has 6 heteroatoms. The van der Waals surface area contributed by atoms with Crippen LogP contribution in [0.5, 0.6) is 0 Å². The molecular weight excluding hydrogens is 218 g/mol. The van der Waals surface area contributed by atoms with Gasteiger partial charge in [-0.15, -0.1) is 0 Å². The van der Waals surface area contributed by atoms with Crippen molar-refractivity contribution >= 4 is 9.84 Å². The summed E-state index contributed by atoms with van der Waals surface area (Å²) in [7, 11) is -2.90. The Hall–Kier alpha value is -0.170. The van der Waals surface area contributed by atoms with Crippen LogP contribution in [-0.4, -0.2) is 55.9 Å². The van der Waals surface area contributed by atoms with E-state index in [9.17, 15) is 13.5 Å². The van der Waals surface area contributed by atoms with Gasteiger partial charge in [-0.3, -0.25) is 0 Å². The zero-order valence-corrected chi connectivity index (χ0v) is 9.59. The van der Waals surface area contributed by atoms with E-state index in [0.29, 0.717) is 19.6 Å². The highest BCUT2D eigenvalue weighted by atomic mass is 32.2. The van der Waals surface area contributed by atoms with E-state index >= 15 is 0 Å². The summed E-state index contributed by atoms with van der Waals surface area (Å²) in [5.74, 6) is 0.392. The Balaban J connectivity index is 2.00. The Bertz CT molecular complexity index is 342. The zero-order chi connectivity index (χ0) is 11.1. The Morgan fingerprint density at radius 3 is 2.67 bits per heavy atom.